The van der Waals surface area contributed by atoms with Gasteiger partial charge in [-0.3, -0.25) is 14.8 Å². The first kappa shape index (κ1) is 14.5. The first-order valence-corrected chi connectivity index (χ1v) is 6.09. The molecular formula is C13H13N3O5. The summed E-state index contributed by atoms with van der Waals surface area (Å²) < 4.78 is 6.32. The van der Waals surface area contributed by atoms with Crippen molar-refractivity contribution in [2.24, 2.45) is 0 Å². The zero-order chi connectivity index (χ0) is 15.4. The molecule has 0 aliphatic rings. The Balaban J connectivity index is 2.10. The van der Waals surface area contributed by atoms with Gasteiger partial charge in [-0.2, -0.15) is 5.10 Å². The Morgan fingerprint density at radius 3 is 2.57 bits per heavy atom. The Kier molecular flexibility index (Phi) is 4.17. The van der Waals surface area contributed by atoms with Crippen LogP contribution in [-0.4, -0.2) is 32.9 Å². The number of aryl methyl sites for hydroxylation is 2. The van der Waals surface area contributed by atoms with Crippen molar-refractivity contribution in [3.8, 4) is 5.75 Å². The maximum atomic E-state index is 10.9. The molecule has 0 atom stereocenters. The standard InChI is InChI=1S/C13H13N3O5/c1-21-10-4-2-9(3-5-10)6-7-15-8-11(16(19)20)12(14-15)13(17)18/h2-5,8H,6-7H2,1H3,(H,17,18). The number of ether oxygens (including phenoxy) is 1. The van der Waals surface area contributed by atoms with Crippen molar-refractivity contribution in [3.63, 3.8) is 0 Å². The van der Waals surface area contributed by atoms with E-state index in [0.717, 1.165) is 17.5 Å². The van der Waals surface area contributed by atoms with Gasteiger partial charge in [-0.25, -0.2) is 4.79 Å². The third-order valence-electron chi connectivity index (χ3n) is 2.93. The number of hydrogen-bond acceptors (Lipinski definition) is 5. The van der Waals surface area contributed by atoms with E-state index in [2.05, 4.69) is 5.10 Å². The van der Waals surface area contributed by atoms with E-state index in [0.29, 0.717) is 13.0 Å². The Morgan fingerprint density at radius 2 is 2.10 bits per heavy atom. The van der Waals surface area contributed by atoms with Crippen LogP contribution in [0.5, 0.6) is 5.75 Å². The molecule has 0 unspecified atom stereocenters. The van der Waals surface area contributed by atoms with Crippen molar-refractivity contribution >= 4 is 11.7 Å². The number of carboxylic acids is 1. The molecule has 0 saturated carbocycles. The highest BCUT2D eigenvalue weighted by Gasteiger charge is 2.24. The Bertz CT molecular complexity index is 631. The topological polar surface area (TPSA) is 107 Å². The van der Waals surface area contributed by atoms with Gasteiger partial charge in [-0.1, -0.05) is 12.1 Å². The zero-order valence-electron chi connectivity index (χ0n) is 11.2. The van der Waals surface area contributed by atoms with Gasteiger partial charge < -0.3 is 9.84 Å². The molecule has 1 aromatic heterocycles. The molecule has 0 saturated heterocycles. The Labute approximate surface area is 119 Å². The Hall–Kier alpha value is -2.90. The highest BCUT2D eigenvalue weighted by atomic mass is 16.6. The number of carbonyl (C=O) groups is 1. The van der Waals surface area contributed by atoms with Crippen LogP contribution in [0, 0.1) is 10.1 Å². The van der Waals surface area contributed by atoms with E-state index in [4.69, 9.17) is 9.84 Å². The van der Waals surface area contributed by atoms with E-state index in [-0.39, 0.29) is 0 Å². The molecule has 0 aliphatic heterocycles. The number of nitrogens with zero attached hydrogens (tertiary/aromatic N) is 3. The van der Waals surface area contributed by atoms with Crippen LogP contribution in [0.15, 0.2) is 30.5 Å². The number of hydrogen-bond donors (Lipinski definition) is 1. The molecule has 21 heavy (non-hydrogen) atoms. The summed E-state index contributed by atoms with van der Waals surface area (Å²) in [6.07, 6.45) is 1.70. The maximum absolute atomic E-state index is 10.9. The molecule has 2 aromatic rings. The van der Waals surface area contributed by atoms with Crippen LogP contribution in [0.4, 0.5) is 5.69 Å². The molecule has 0 aliphatic carbocycles. The quantitative estimate of drug-likeness (QED) is 0.641. The molecule has 0 amide bonds. The molecular weight excluding hydrogens is 278 g/mol. The predicted octanol–water partition coefficient (Wildman–Crippen LogP) is 1.74. The van der Waals surface area contributed by atoms with Gasteiger partial charge in [0, 0.05) is 6.54 Å². The van der Waals surface area contributed by atoms with Gasteiger partial charge >= 0.3 is 11.7 Å². The molecule has 1 aromatic carbocycles. The van der Waals surface area contributed by atoms with E-state index in [9.17, 15) is 14.9 Å². The lowest BCUT2D eigenvalue weighted by atomic mass is 10.1. The molecule has 2 rings (SSSR count). The summed E-state index contributed by atoms with van der Waals surface area (Å²) in [6.45, 7) is 0.348. The molecule has 0 fully saturated rings. The maximum Gasteiger partial charge on any atom is 0.363 e. The van der Waals surface area contributed by atoms with Gasteiger partial charge in [0.25, 0.3) is 0 Å². The van der Waals surface area contributed by atoms with Crippen molar-refractivity contribution in [2.75, 3.05) is 7.11 Å². The second-order valence-electron chi connectivity index (χ2n) is 4.29. The summed E-state index contributed by atoms with van der Waals surface area (Å²) in [7, 11) is 1.57. The normalized spacial score (nSPS) is 10.3. The summed E-state index contributed by atoms with van der Waals surface area (Å²) in [4.78, 5) is 20.9. The second-order valence-corrected chi connectivity index (χ2v) is 4.29. The molecule has 1 N–H and O–H groups in total. The lowest BCUT2D eigenvalue weighted by Gasteiger charge is -2.03. The minimum Gasteiger partial charge on any atom is -0.497 e. The number of carboxylic acid groups (broad SMARTS) is 1. The van der Waals surface area contributed by atoms with E-state index in [1.165, 1.54) is 4.68 Å². The van der Waals surface area contributed by atoms with Crippen LogP contribution >= 0.6 is 0 Å². The van der Waals surface area contributed by atoms with Gasteiger partial charge in [-0.05, 0) is 24.1 Å². The fraction of sp³-hybridized carbons (Fsp3) is 0.231. The first-order valence-electron chi connectivity index (χ1n) is 6.09. The van der Waals surface area contributed by atoms with Crippen LogP contribution < -0.4 is 4.74 Å². The molecule has 110 valence electrons. The van der Waals surface area contributed by atoms with Crippen molar-refractivity contribution in [1.82, 2.24) is 9.78 Å². The van der Waals surface area contributed by atoms with Gasteiger partial charge in [-0.15, -0.1) is 0 Å². The third-order valence-corrected chi connectivity index (χ3v) is 2.93. The lowest BCUT2D eigenvalue weighted by molar-refractivity contribution is -0.385. The molecule has 1 heterocycles. The van der Waals surface area contributed by atoms with Crippen molar-refractivity contribution < 1.29 is 19.6 Å². The predicted molar refractivity (Wildman–Crippen MR) is 72.5 cm³/mol. The highest BCUT2D eigenvalue weighted by Crippen LogP contribution is 2.17. The molecule has 0 radical (unpaired) electrons. The van der Waals surface area contributed by atoms with Gasteiger partial charge in [0.05, 0.1) is 12.0 Å². The van der Waals surface area contributed by atoms with Crippen LogP contribution in [0.2, 0.25) is 0 Å². The summed E-state index contributed by atoms with van der Waals surface area (Å²) in [6, 6.07) is 7.36. The van der Waals surface area contributed by atoms with Crippen LogP contribution in [0.1, 0.15) is 16.1 Å². The van der Waals surface area contributed by atoms with Gasteiger partial charge in [0.15, 0.2) is 0 Å². The van der Waals surface area contributed by atoms with E-state index in [1.54, 1.807) is 7.11 Å². The number of nitro groups is 1. The molecule has 0 spiro atoms. The van der Waals surface area contributed by atoms with Crippen LogP contribution in [0.3, 0.4) is 0 Å². The SMILES string of the molecule is COc1ccc(CCn2cc([N+](=O)[O-])c(C(=O)O)n2)cc1. The van der Waals surface area contributed by atoms with E-state index >= 15 is 0 Å². The summed E-state index contributed by atoms with van der Waals surface area (Å²) in [5.41, 5.74) is -0.0576. The van der Waals surface area contributed by atoms with Crippen LogP contribution in [-0.2, 0) is 13.0 Å². The number of benzene rings is 1. The average Bonchev–Trinajstić information content (AvgIpc) is 2.90. The number of aromatic carboxylic acids is 1. The highest BCUT2D eigenvalue weighted by molar-refractivity contribution is 5.89. The summed E-state index contributed by atoms with van der Waals surface area (Å²) in [5.74, 6) is -0.675. The van der Waals surface area contributed by atoms with Crippen molar-refractivity contribution in [3.05, 3.63) is 51.8 Å². The number of rotatable bonds is 6. The molecule has 0 bridgehead atoms. The fourth-order valence-electron chi connectivity index (χ4n) is 1.85. The zero-order valence-corrected chi connectivity index (χ0v) is 11.2. The largest absolute Gasteiger partial charge is 0.497 e. The number of aromatic nitrogens is 2. The minimum atomic E-state index is -1.41. The smallest absolute Gasteiger partial charge is 0.363 e. The van der Waals surface area contributed by atoms with E-state index in [1.807, 2.05) is 24.3 Å². The van der Waals surface area contributed by atoms with Crippen LogP contribution in [0.25, 0.3) is 0 Å². The van der Waals surface area contributed by atoms with Gasteiger partial charge in [0.1, 0.15) is 11.9 Å². The third kappa shape index (κ3) is 3.35. The second kappa shape index (κ2) is 6.04. The van der Waals surface area contributed by atoms with E-state index < -0.39 is 22.3 Å². The average molecular weight is 291 g/mol. The van der Waals surface area contributed by atoms with Crippen molar-refractivity contribution in [1.29, 1.82) is 0 Å². The minimum absolute atomic E-state index is 0.348. The lowest BCUT2D eigenvalue weighted by Crippen LogP contribution is -2.05. The van der Waals surface area contributed by atoms with Gasteiger partial charge in [0.2, 0.25) is 5.69 Å². The Morgan fingerprint density at radius 1 is 1.43 bits per heavy atom. The summed E-state index contributed by atoms with van der Waals surface area (Å²) in [5, 5.41) is 23.4. The summed E-state index contributed by atoms with van der Waals surface area (Å²) >= 11 is 0. The monoisotopic (exact) mass is 291 g/mol. The van der Waals surface area contributed by atoms with Crippen molar-refractivity contribution in [2.45, 2.75) is 13.0 Å². The molecule has 8 nitrogen and oxygen atoms in total. The number of methoxy groups -OCH3 is 1. The molecule has 8 heteroatoms. The first-order chi connectivity index (χ1) is 10.0. The fourth-order valence-corrected chi connectivity index (χ4v) is 1.85.